The zero-order valence-electron chi connectivity index (χ0n) is 19.3. The third kappa shape index (κ3) is 7.45. The summed E-state index contributed by atoms with van der Waals surface area (Å²) >= 11 is 0. The van der Waals surface area contributed by atoms with E-state index < -0.39 is 17.7 Å². The highest BCUT2D eigenvalue weighted by Gasteiger charge is 2.24. The lowest BCUT2D eigenvalue weighted by molar-refractivity contribution is -0.123. The van der Waals surface area contributed by atoms with Crippen molar-refractivity contribution in [1.29, 1.82) is 0 Å². The van der Waals surface area contributed by atoms with Crippen LogP contribution in [0.2, 0.25) is 0 Å². The Hall–Kier alpha value is -3.68. The Kier molecular flexibility index (Phi) is 8.18. The molecule has 3 rings (SSSR count). The van der Waals surface area contributed by atoms with Crippen LogP contribution in [0.1, 0.15) is 44.4 Å². The summed E-state index contributed by atoms with van der Waals surface area (Å²) in [6.07, 6.45) is 7.03. The minimum atomic E-state index is -0.592. The molecule has 0 aliphatic rings. The Balaban J connectivity index is 1.60. The SMILES string of the molecule is CC(C)(C)OC(=O)N(CCCNC(=O)C(c1ccccc1)n1cccn1)Cc1cccnc1. The van der Waals surface area contributed by atoms with Gasteiger partial charge in [0.15, 0.2) is 6.04 Å². The lowest BCUT2D eigenvalue weighted by Gasteiger charge is -2.27. The maximum atomic E-state index is 13.0. The average molecular weight is 450 g/mol. The summed E-state index contributed by atoms with van der Waals surface area (Å²) in [4.78, 5) is 31.5. The summed E-state index contributed by atoms with van der Waals surface area (Å²) in [5.41, 5.74) is 1.17. The summed E-state index contributed by atoms with van der Waals surface area (Å²) in [7, 11) is 0. The van der Waals surface area contributed by atoms with Gasteiger partial charge in [0.25, 0.3) is 0 Å². The molecular formula is C25H31N5O3. The van der Waals surface area contributed by atoms with Crippen molar-refractivity contribution in [2.45, 2.75) is 45.4 Å². The zero-order chi connectivity index (χ0) is 23.7. The number of amides is 2. The van der Waals surface area contributed by atoms with Crippen LogP contribution in [0.3, 0.4) is 0 Å². The molecule has 174 valence electrons. The van der Waals surface area contributed by atoms with E-state index in [-0.39, 0.29) is 5.91 Å². The van der Waals surface area contributed by atoms with Crippen molar-refractivity contribution < 1.29 is 14.3 Å². The Morgan fingerprint density at radius 1 is 1.09 bits per heavy atom. The van der Waals surface area contributed by atoms with Gasteiger partial charge in [-0.1, -0.05) is 36.4 Å². The predicted molar refractivity (Wildman–Crippen MR) is 125 cm³/mol. The number of nitrogens with one attached hydrogen (secondary N) is 1. The van der Waals surface area contributed by atoms with Crippen LogP contribution in [0.25, 0.3) is 0 Å². The molecule has 33 heavy (non-hydrogen) atoms. The molecule has 0 saturated heterocycles. The van der Waals surface area contributed by atoms with E-state index in [9.17, 15) is 9.59 Å². The first-order valence-corrected chi connectivity index (χ1v) is 11.0. The largest absolute Gasteiger partial charge is 0.444 e. The normalized spacial score (nSPS) is 12.1. The number of aromatic nitrogens is 3. The predicted octanol–water partition coefficient (Wildman–Crippen LogP) is 3.81. The van der Waals surface area contributed by atoms with Crippen LogP contribution < -0.4 is 5.32 Å². The number of rotatable bonds is 9. The van der Waals surface area contributed by atoms with Crippen LogP contribution in [0.5, 0.6) is 0 Å². The maximum absolute atomic E-state index is 13.0. The molecule has 2 amide bonds. The first-order valence-electron chi connectivity index (χ1n) is 11.0. The molecule has 3 aromatic rings. The summed E-state index contributed by atoms with van der Waals surface area (Å²) in [5.74, 6) is -0.152. The Morgan fingerprint density at radius 2 is 1.88 bits per heavy atom. The molecule has 0 saturated carbocycles. The number of nitrogens with zero attached hydrogens (tertiary/aromatic N) is 4. The Morgan fingerprint density at radius 3 is 2.52 bits per heavy atom. The molecule has 8 nitrogen and oxygen atoms in total. The Labute approximate surface area is 194 Å². The second-order valence-electron chi connectivity index (χ2n) is 8.71. The molecule has 0 fully saturated rings. The molecule has 1 atom stereocenters. The fraction of sp³-hybridized carbons (Fsp3) is 0.360. The van der Waals surface area contributed by atoms with Gasteiger partial charge >= 0.3 is 6.09 Å². The van der Waals surface area contributed by atoms with Crippen LogP contribution in [-0.2, 0) is 16.1 Å². The number of carbonyl (C=O) groups is 2. The van der Waals surface area contributed by atoms with Gasteiger partial charge in [0.1, 0.15) is 5.60 Å². The molecule has 2 aromatic heterocycles. The number of hydrogen-bond acceptors (Lipinski definition) is 5. The topological polar surface area (TPSA) is 89.4 Å². The minimum absolute atomic E-state index is 0.152. The Bertz CT molecular complexity index is 1000. The molecule has 1 N–H and O–H groups in total. The summed E-state index contributed by atoms with van der Waals surface area (Å²) < 4.78 is 7.20. The van der Waals surface area contributed by atoms with E-state index in [0.29, 0.717) is 26.1 Å². The summed E-state index contributed by atoms with van der Waals surface area (Å²) in [5, 5.41) is 7.24. The third-order valence-corrected chi connectivity index (χ3v) is 4.81. The highest BCUT2D eigenvalue weighted by Crippen LogP contribution is 2.18. The third-order valence-electron chi connectivity index (χ3n) is 4.81. The van der Waals surface area contributed by atoms with E-state index in [2.05, 4.69) is 15.4 Å². The molecule has 1 unspecified atom stereocenters. The van der Waals surface area contributed by atoms with E-state index in [1.807, 2.05) is 63.2 Å². The van der Waals surface area contributed by atoms with Gasteiger partial charge < -0.3 is 15.0 Å². The van der Waals surface area contributed by atoms with Gasteiger partial charge in [0, 0.05) is 37.9 Å². The quantitative estimate of drug-likeness (QED) is 0.502. The summed E-state index contributed by atoms with van der Waals surface area (Å²) in [6, 6.07) is 14.5. The molecule has 8 heteroatoms. The molecule has 0 aliphatic carbocycles. The van der Waals surface area contributed by atoms with E-state index in [1.54, 1.807) is 40.4 Å². The number of pyridine rings is 1. The molecule has 0 radical (unpaired) electrons. The van der Waals surface area contributed by atoms with Crippen molar-refractivity contribution in [1.82, 2.24) is 25.0 Å². The number of benzene rings is 1. The summed E-state index contributed by atoms with van der Waals surface area (Å²) in [6.45, 7) is 6.75. The lowest BCUT2D eigenvalue weighted by atomic mass is 10.1. The zero-order valence-corrected chi connectivity index (χ0v) is 19.3. The van der Waals surface area contributed by atoms with Gasteiger partial charge in [-0.15, -0.1) is 0 Å². The first kappa shape index (κ1) is 24.0. The lowest BCUT2D eigenvalue weighted by Crippen LogP contribution is -2.39. The van der Waals surface area contributed by atoms with Gasteiger partial charge in [-0.25, -0.2) is 4.79 Å². The van der Waals surface area contributed by atoms with Crippen LogP contribution in [0.4, 0.5) is 4.79 Å². The van der Waals surface area contributed by atoms with Crippen LogP contribution in [0, 0.1) is 0 Å². The van der Waals surface area contributed by atoms with Crippen LogP contribution in [0.15, 0.2) is 73.3 Å². The molecule has 0 bridgehead atoms. The van der Waals surface area contributed by atoms with Crippen molar-refractivity contribution in [3.05, 3.63) is 84.4 Å². The smallest absolute Gasteiger partial charge is 0.410 e. The molecule has 1 aromatic carbocycles. The fourth-order valence-corrected chi connectivity index (χ4v) is 3.34. The standard InChI is InChI=1S/C25H31N5O3/c1-25(2,3)33-24(32)29(19-20-10-7-13-26-18-20)16-8-14-27-23(31)22(30-17-9-15-28-30)21-11-5-4-6-12-21/h4-7,9-13,15,17-18,22H,8,14,16,19H2,1-3H3,(H,27,31). The van der Waals surface area contributed by atoms with Gasteiger partial charge in [0.2, 0.25) is 5.91 Å². The van der Waals surface area contributed by atoms with E-state index in [4.69, 9.17) is 4.74 Å². The highest BCUT2D eigenvalue weighted by molar-refractivity contribution is 5.83. The molecule has 0 aliphatic heterocycles. The van der Waals surface area contributed by atoms with Crippen molar-refractivity contribution in [2.75, 3.05) is 13.1 Å². The number of hydrogen-bond donors (Lipinski definition) is 1. The fourth-order valence-electron chi connectivity index (χ4n) is 3.34. The minimum Gasteiger partial charge on any atom is -0.444 e. The van der Waals surface area contributed by atoms with E-state index in [0.717, 1.165) is 11.1 Å². The average Bonchev–Trinajstić information content (AvgIpc) is 3.30. The monoisotopic (exact) mass is 449 g/mol. The molecule has 2 heterocycles. The first-order chi connectivity index (χ1) is 15.8. The van der Waals surface area contributed by atoms with Crippen molar-refractivity contribution in [2.24, 2.45) is 0 Å². The van der Waals surface area contributed by atoms with Crippen LogP contribution in [-0.4, -0.2) is 50.4 Å². The van der Waals surface area contributed by atoms with Crippen molar-refractivity contribution in [3.8, 4) is 0 Å². The van der Waals surface area contributed by atoms with Crippen molar-refractivity contribution >= 4 is 12.0 Å². The van der Waals surface area contributed by atoms with Crippen LogP contribution >= 0.6 is 0 Å². The number of ether oxygens (including phenoxy) is 1. The van der Waals surface area contributed by atoms with Gasteiger partial charge in [-0.3, -0.25) is 14.5 Å². The maximum Gasteiger partial charge on any atom is 0.410 e. The second-order valence-corrected chi connectivity index (χ2v) is 8.71. The highest BCUT2D eigenvalue weighted by atomic mass is 16.6. The second kappa shape index (κ2) is 11.3. The van der Waals surface area contributed by atoms with E-state index >= 15 is 0 Å². The van der Waals surface area contributed by atoms with Gasteiger partial charge in [-0.05, 0) is 50.5 Å². The molecule has 0 spiro atoms. The van der Waals surface area contributed by atoms with Crippen molar-refractivity contribution in [3.63, 3.8) is 0 Å². The molecular weight excluding hydrogens is 418 g/mol. The van der Waals surface area contributed by atoms with Gasteiger partial charge in [-0.2, -0.15) is 5.10 Å². The van der Waals surface area contributed by atoms with E-state index in [1.165, 1.54) is 0 Å². The van der Waals surface area contributed by atoms with Gasteiger partial charge in [0.05, 0.1) is 6.54 Å². The number of carbonyl (C=O) groups excluding carboxylic acids is 2.